The fourth-order valence-corrected chi connectivity index (χ4v) is 3.48. The van der Waals surface area contributed by atoms with Gasteiger partial charge in [0.1, 0.15) is 4.92 Å². The number of furan rings is 1. The molecule has 0 unspecified atom stereocenters. The van der Waals surface area contributed by atoms with Gasteiger partial charge >= 0.3 is 5.88 Å². The molecule has 0 spiro atoms. The minimum absolute atomic E-state index is 0.0779. The number of aryl methyl sites for hydroxylation is 1. The third-order valence-corrected chi connectivity index (χ3v) is 4.80. The van der Waals surface area contributed by atoms with Crippen LogP contribution < -0.4 is 4.90 Å². The number of rotatable bonds is 6. The van der Waals surface area contributed by atoms with E-state index in [0.717, 1.165) is 15.8 Å². The standard InChI is InChI=1S/C17H18N4O4S/c1-11-4-5-12-14(10-11)26-17(18-12)20(9-8-19(2)3)16(22)13-6-7-15(25-13)21(23)24/h4-7,10H,8-9H2,1-3H3. The largest absolute Gasteiger partial charge is 0.433 e. The predicted molar refractivity (Wildman–Crippen MR) is 99.9 cm³/mol. The van der Waals surface area contributed by atoms with E-state index in [2.05, 4.69) is 4.98 Å². The third kappa shape index (κ3) is 3.73. The number of hydrogen-bond donors (Lipinski definition) is 0. The summed E-state index contributed by atoms with van der Waals surface area (Å²) in [6, 6.07) is 8.40. The Hall–Kier alpha value is -2.78. The molecule has 1 aromatic carbocycles. The molecule has 2 heterocycles. The van der Waals surface area contributed by atoms with Gasteiger partial charge in [-0.1, -0.05) is 17.4 Å². The molecule has 136 valence electrons. The van der Waals surface area contributed by atoms with E-state index in [9.17, 15) is 14.9 Å². The number of aromatic nitrogens is 1. The van der Waals surface area contributed by atoms with Crippen LogP contribution in [0.5, 0.6) is 0 Å². The summed E-state index contributed by atoms with van der Waals surface area (Å²) in [5, 5.41) is 11.3. The van der Waals surface area contributed by atoms with Crippen molar-refractivity contribution < 1.29 is 14.1 Å². The summed E-state index contributed by atoms with van der Waals surface area (Å²) >= 11 is 1.41. The Morgan fingerprint density at radius 1 is 1.27 bits per heavy atom. The second-order valence-corrected chi connectivity index (χ2v) is 7.13. The summed E-state index contributed by atoms with van der Waals surface area (Å²) < 4.78 is 6.06. The second-order valence-electron chi connectivity index (χ2n) is 6.12. The van der Waals surface area contributed by atoms with E-state index in [4.69, 9.17) is 4.42 Å². The number of thiazole rings is 1. The number of likely N-dealkylation sites (N-methyl/N-ethyl adjacent to an activating group) is 1. The van der Waals surface area contributed by atoms with Crippen LogP contribution in [0.2, 0.25) is 0 Å². The number of carbonyl (C=O) groups is 1. The molecule has 9 heteroatoms. The first-order valence-electron chi connectivity index (χ1n) is 7.93. The highest BCUT2D eigenvalue weighted by Gasteiger charge is 2.26. The highest BCUT2D eigenvalue weighted by molar-refractivity contribution is 7.22. The second kappa shape index (κ2) is 7.22. The molecule has 0 atom stereocenters. The summed E-state index contributed by atoms with van der Waals surface area (Å²) in [6.07, 6.45) is 0. The molecule has 3 aromatic rings. The molecular formula is C17H18N4O4S. The van der Waals surface area contributed by atoms with Gasteiger partial charge in [-0.2, -0.15) is 0 Å². The van der Waals surface area contributed by atoms with Gasteiger partial charge < -0.3 is 9.32 Å². The van der Waals surface area contributed by atoms with Gasteiger partial charge in [-0.3, -0.25) is 19.8 Å². The molecule has 1 amide bonds. The minimum atomic E-state index is -0.665. The van der Waals surface area contributed by atoms with E-state index in [1.165, 1.54) is 28.4 Å². The molecule has 0 N–H and O–H groups in total. The Labute approximate surface area is 153 Å². The number of carbonyl (C=O) groups excluding carboxylic acids is 1. The molecule has 0 aliphatic heterocycles. The molecule has 0 fully saturated rings. The van der Waals surface area contributed by atoms with Crippen LogP contribution in [0.3, 0.4) is 0 Å². The smallest absolute Gasteiger partial charge is 0.395 e. The van der Waals surface area contributed by atoms with Crippen LogP contribution in [0.1, 0.15) is 16.1 Å². The first-order chi connectivity index (χ1) is 12.3. The topological polar surface area (TPSA) is 92.7 Å². The molecular weight excluding hydrogens is 356 g/mol. The molecule has 0 saturated carbocycles. The zero-order valence-corrected chi connectivity index (χ0v) is 15.4. The minimum Gasteiger partial charge on any atom is -0.395 e. The Kier molecular flexibility index (Phi) is 5.01. The number of amides is 1. The summed E-state index contributed by atoms with van der Waals surface area (Å²) in [6.45, 7) is 3.00. The van der Waals surface area contributed by atoms with Gasteiger partial charge in [0.2, 0.25) is 0 Å². The van der Waals surface area contributed by atoms with E-state index in [0.29, 0.717) is 18.2 Å². The summed E-state index contributed by atoms with van der Waals surface area (Å²) in [4.78, 5) is 31.0. The summed E-state index contributed by atoms with van der Waals surface area (Å²) in [5.74, 6) is -0.984. The molecule has 2 aromatic heterocycles. The first kappa shape index (κ1) is 18.0. The predicted octanol–water partition coefficient (Wildman–Crippen LogP) is 3.31. The van der Waals surface area contributed by atoms with Crippen LogP contribution in [0, 0.1) is 17.0 Å². The van der Waals surface area contributed by atoms with Crippen molar-refractivity contribution in [2.24, 2.45) is 0 Å². The molecule has 8 nitrogen and oxygen atoms in total. The normalized spacial score (nSPS) is 11.2. The van der Waals surface area contributed by atoms with E-state index in [-0.39, 0.29) is 5.76 Å². The van der Waals surface area contributed by atoms with Crippen molar-refractivity contribution in [2.45, 2.75) is 6.92 Å². The van der Waals surface area contributed by atoms with E-state index < -0.39 is 16.7 Å². The Bertz CT molecular complexity index is 963. The highest BCUT2D eigenvalue weighted by Crippen LogP contribution is 2.31. The number of hydrogen-bond acceptors (Lipinski definition) is 7. The van der Waals surface area contributed by atoms with E-state index in [1.807, 2.05) is 44.1 Å². The van der Waals surface area contributed by atoms with Crippen LogP contribution in [0.4, 0.5) is 11.0 Å². The van der Waals surface area contributed by atoms with Crippen LogP contribution >= 0.6 is 11.3 Å². The first-order valence-corrected chi connectivity index (χ1v) is 8.75. The van der Waals surface area contributed by atoms with Gasteiger partial charge in [-0.25, -0.2) is 4.98 Å². The lowest BCUT2D eigenvalue weighted by molar-refractivity contribution is -0.402. The number of nitrogens with zero attached hydrogens (tertiary/aromatic N) is 4. The van der Waals surface area contributed by atoms with Crippen LogP contribution in [0.25, 0.3) is 10.2 Å². The van der Waals surface area contributed by atoms with E-state index >= 15 is 0 Å². The molecule has 0 saturated heterocycles. The number of benzene rings is 1. The van der Waals surface area contributed by atoms with Crippen molar-refractivity contribution in [3.05, 3.63) is 51.8 Å². The zero-order valence-electron chi connectivity index (χ0n) is 14.6. The van der Waals surface area contributed by atoms with Gasteiger partial charge in [-0.05, 0) is 44.8 Å². The quantitative estimate of drug-likeness (QED) is 0.485. The maximum atomic E-state index is 12.9. The Morgan fingerprint density at radius 2 is 2.04 bits per heavy atom. The van der Waals surface area contributed by atoms with Crippen molar-refractivity contribution >= 4 is 38.5 Å². The number of nitro groups is 1. The molecule has 0 bridgehead atoms. The van der Waals surface area contributed by atoms with Gasteiger partial charge in [0.15, 0.2) is 10.9 Å². The zero-order chi connectivity index (χ0) is 18.8. The van der Waals surface area contributed by atoms with Gasteiger partial charge in [0.05, 0.1) is 16.3 Å². The number of anilines is 1. The van der Waals surface area contributed by atoms with E-state index in [1.54, 1.807) is 0 Å². The lowest BCUT2D eigenvalue weighted by Gasteiger charge is -2.20. The van der Waals surface area contributed by atoms with Gasteiger partial charge in [0.25, 0.3) is 5.91 Å². The highest BCUT2D eigenvalue weighted by atomic mass is 32.1. The van der Waals surface area contributed by atoms with Crippen molar-refractivity contribution in [2.75, 3.05) is 32.1 Å². The van der Waals surface area contributed by atoms with Crippen molar-refractivity contribution in [1.29, 1.82) is 0 Å². The molecule has 26 heavy (non-hydrogen) atoms. The SMILES string of the molecule is Cc1ccc2nc(N(CCN(C)C)C(=O)c3ccc([N+](=O)[O-])o3)sc2c1. The summed E-state index contributed by atoms with van der Waals surface area (Å²) in [7, 11) is 3.81. The van der Waals surface area contributed by atoms with Crippen LogP contribution in [-0.4, -0.2) is 47.9 Å². The number of fused-ring (bicyclic) bond motifs is 1. The monoisotopic (exact) mass is 374 g/mol. The van der Waals surface area contributed by atoms with Gasteiger partial charge in [-0.15, -0.1) is 0 Å². The molecule has 0 aliphatic rings. The van der Waals surface area contributed by atoms with Crippen molar-refractivity contribution in [3.8, 4) is 0 Å². The average molecular weight is 374 g/mol. The van der Waals surface area contributed by atoms with Crippen molar-refractivity contribution in [3.63, 3.8) is 0 Å². The fraction of sp³-hybridized carbons (Fsp3) is 0.294. The average Bonchev–Trinajstić information content (AvgIpc) is 3.20. The van der Waals surface area contributed by atoms with Crippen LogP contribution in [-0.2, 0) is 0 Å². The molecule has 0 aliphatic carbocycles. The molecule has 0 radical (unpaired) electrons. The third-order valence-electron chi connectivity index (χ3n) is 3.76. The van der Waals surface area contributed by atoms with Gasteiger partial charge in [0, 0.05) is 13.1 Å². The van der Waals surface area contributed by atoms with Crippen LogP contribution in [0.15, 0.2) is 34.7 Å². The maximum absolute atomic E-state index is 12.9. The lowest BCUT2D eigenvalue weighted by atomic mass is 10.2. The molecule has 3 rings (SSSR count). The lowest BCUT2D eigenvalue weighted by Crippen LogP contribution is -2.36. The summed E-state index contributed by atoms with van der Waals surface area (Å²) in [5.41, 5.74) is 1.92. The van der Waals surface area contributed by atoms with Crippen molar-refractivity contribution in [1.82, 2.24) is 9.88 Å². The Balaban J connectivity index is 1.97. The Morgan fingerprint density at radius 3 is 2.69 bits per heavy atom. The maximum Gasteiger partial charge on any atom is 0.433 e. The fourth-order valence-electron chi connectivity index (χ4n) is 2.39.